The second-order valence-corrected chi connectivity index (χ2v) is 8.26. The number of halogens is 1. The van der Waals surface area contributed by atoms with Gasteiger partial charge in [-0.1, -0.05) is 19.9 Å². The summed E-state index contributed by atoms with van der Waals surface area (Å²) in [4.78, 5) is 12.4. The third-order valence-electron chi connectivity index (χ3n) is 4.27. The van der Waals surface area contributed by atoms with Gasteiger partial charge in [-0.15, -0.1) is 0 Å². The average molecular weight is 495 g/mol. The summed E-state index contributed by atoms with van der Waals surface area (Å²) in [5.74, 6) is 2.30. The molecule has 0 aromatic heterocycles. The predicted molar refractivity (Wildman–Crippen MR) is 126 cm³/mol. The van der Waals surface area contributed by atoms with Gasteiger partial charge in [0.05, 0.1) is 25.3 Å². The minimum atomic E-state index is -0.303. The summed E-state index contributed by atoms with van der Waals surface area (Å²) in [6, 6.07) is 10.8. The van der Waals surface area contributed by atoms with Crippen molar-refractivity contribution in [2.45, 2.75) is 26.8 Å². The number of benzene rings is 2. The summed E-state index contributed by atoms with van der Waals surface area (Å²) >= 11 is 8.61. The van der Waals surface area contributed by atoms with Crippen molar-refractivity contribution in [1.82, 2.24) is 10.6 Å². The maximum absolute atomic E-state index is 12.4. The number of hydrogen-bond acceptors (Lipinski definition) is 5. The molecule has 8 heteroatoms. The van der Waals surface area contributed by atoms with Crippen LogP contribution in [-0.4, -0.2) is 31.8 Å². The minimum Gasteiger partial charge on any atom is -0.496 e. The highest BCUT2D eigenvalue weighted by molar-refractivity contribution is 9.10. The van der Waals surface area contributed by atoms with Gasteiger partial charge in [0.25, 0.3) is 5.91 Å². The van der Waals surface area contributed by atoms with Gasteiger partial charge in [0.1, 0.15) is 5.75 Å². The lowest BCUT2D eigenvalue weighted by Crippen LogP contribution is -2.38. The van der Waals surface area contributed by atoms with E-state index in [-0.39, 0.29) is 11.0 Å². The standard InChI is InChI=1S/C22H27BrN2O4S/c1-14(2)9-10-29-19-7-5-15(11-20(19)28-4)13-24-22(30)25-21(26)16-6-8-18(27-3)17(23)12-16/h5-8,11-12,14H,9-10,13H2,1-4H3,(H2,24,25,26,30). The molecular formula is C22H27BrN2O4S. The van der Waals surface area contributed by atoms with E-state index in [1.54, 1.807) is 32.4 Å². The van der Waals surface area contributed by atoms with Gasteiger partial charge in [-0.3, -0.25) is 10.1 Å². The zero-order valence-corrected chi connectivity index (χ0v) is 20.0. The van der Waals surface area contributed by atoms with Crippen LogP contribution in [0.4, 0.5) is 0 Å². The number of ether oxygens (including phenoxy) is 3. The normalized spacial score (nSPS) is 10.5. The van der Waals surface area contributed by atoms with Crippen LogP contribution in [0.5, 0.6) is 17.2 Å². The van der Waals surface area contributed by atoms with Crippen LogP contribution in [0.15, 0.2) is 40.9 Å². The summed E-state index contributed by atoms with van der Waals surface area (Å²) in [5.41, 5.74) is 1.42. The van der Waals surface area contributed by atoms with Crippen molar-refractivity contribution in [3.63, 3.8) is 0 Å². The van der Waals surface area contributed by atoms with Gasteiger partial charge in [0.15, 0.2) is 16.6 Å². The van der Waals surface area contributed by atoms with E-state index in [0.717, 1.165) is 12.0 Å². The molecule has 0 unspecified atom stereocenters. The lowest BCUT2D eigenvalue weighted by Gasteiger charge is -2.14. The van der Waals surface area contributed by atoms with Crippen LogP contribution in [0.25, 0.3) is 0 Å². The van der Waals surface area contributed by atoms with Crippen molar-refractivity contribution in [1.29, 1.82) is 0 Å². The highest BCUT2D eigenvalue weighted by Gasteiger charge is 2.11. The molecule has 0 saturated carbocycles. The Morgan fingerprint density at radius 3 is 2.40 bits per heavy atom. The molecule has 2 aromatic carbocycles. The SMILES string of the molecule is COc1ccc(C(=O)NC(=S)NCc2ccc(OCCC(C)C)c(OC)c2)cc1Br. The first-order chi connectivity index (χ1) is 14.3. The summed E-state index contributed by atoms with van der Waals surface area (Å²) in [5, 5.41) is 5.94. The fourth-order valence-electron chi connectivity index (χ4n) is 2.56. The van der Waals surface area contributed by atoms with E-state index in [0.29, 0.717) is 46.4 Å². The molecule has 162 valence electrons. The second-order valence-electron chi connectivity index (χ2n) is 7.00. The molecule has 0 aliphatic rings. The van der Waals surface area contributed by atoms with E-state index in [2.05, 4.69) is 40.4 Å². The molecule has 0 aliphatic heterocycles. The van der Waals surface area contributed by atoms with Crippen LogP contribution in [0.2, 0.25) is 0 Å². The molecule has 6 nitrogen and oxygen atoms in total. The molecule has 2 N–H and O–H groups in total. The second kappa shape index (κ2) is 11.8. The molecular weight excluding hydrogens is 468 g/mol. The van der Waals surface area contributed by atoms with Crippen molar-refractivity contribution < 1.29 is 19.0 Å². The molecule has 30 heavy (non-hydrogen) atoms. The van der Waals surface area contributed by atoms with Crippen LogP contribution in [0, 0.1) is 5.92 Å². The molecule has 0 radical (unpaired) electrons. The lowest BCUT2D eigenvalue weighted by atomic mass is 10.1. The molecule has 0 aliphatic carbocycles. The van der Waals surface area contributed by atoms with Crippen LogP contribution in [0.1, 0.15) is 36.2 Å². The average Bonchev–Trinajstić information content (AvgIpc) is 2.72. The third-order valence-corrected chi connectivity index (χ3v) is 5.14. The fourth-order valence-corrected chi connectivity index (χ4v) is 3.26. The first-order valence-corrected chi connectivity index (χ1v) is 10.8. The van der Waals surface area contributed by atoms with Crippen molar-refractivity contribution in [2.75, 3.05) is 20.8 Å². The van der Waals surface area contributed by atoms with E-state index in [1.807, 2.05) is 18.2 Å². The number of thiocarbonyl (C=S) groups is 1. The maximum Gasteiger partial charge on any atom is 0.257 e. The molecule has 0 atom stereocenters. The summed E-state index contributed by atoms with van der Waals surface area (Å²) < 4.78 is 17.1. The van der Waals surface area contributed by atoms with Gasteiger partial charge in [0.2, 0.25) is 0 Å². The smallest absolute Gasteiger partial charge is 0.257 e. The quantitative estimate of drug-likeness (QED) is 0.492. The monoisotopic (exact) mass is 494 g/mol. The van der Waals surface area contributed by atoms with Crippen molar-refractivity contribution in [3.8, 4) is 17.2 Å². The van der Waals surface area contributed by atoms with Gasteiger partial charge in [0, 0.05) is 12.1 Å². The molecule has 2 rings (SSSR count). The van der Waals surface area contributed by atoms with E-state index >= 15 is 0 Å². The Morgan fingerprint density at radius 2 is 1.77 bits per heavy atom. The Kier molecular flexibility index (Phi) is 9.39. The number of methoxy groups -OCH3 is 2. The molecule has 0 spiro atoms. The molecule has 0 heterocycles. The van der Waals surface area contributed by atoms with Gasteiger partial charge >= 0.3 is 0 Å². The number of nitrogens with one attached hydrogen (secondary N) is 2. The van der Waals surface area contributed by atoms with Crippen LogP contribution in [-0.2, 0) is 6.54 Å². The van der Waals surface area contributed by atoms with Gasteiger partial charge in [-0.2, -0.15) is 0 Å². The molecule has 0 bridgehead atoms. The Balaban J connectivity index is 1.90. The van der Waals surface area contributed by atoms with Gasteiger partial charge in [-0.25, -0.2) is 0 Å². The van der Waals surface area contributed by atoms with Crippen molar-refractivity contribution >= 4 is 39.2 Å². The lowest BCUT2D eigenvalue weighted by molar-refractivity contribution is 0.0976. The van der Waals surface area contributed by atoms with Crippen LogP contribution < -0.4 is 24.8 Å². The Bertz CT molecular complexity index is 889. The Labute approximate surface area is 191 Å². The zero-order valence-electron chi connectivity index (χ0n) is 17.6. The molecule has 0 saturated heterocycles. The zero-order chi connectivity index (χ0) is 22.1. The Hall–Kier alpha value is -2.32. The van der Waals surface area contributed by atoms with E-state index in [1.165, 1.54) is 0 Å². The van der Waals surface area contributed by atoms with Crippen LogP contribution >= 0.6 is 28.1 Å². The van der Waals surface area contributed by atoms with E-state index in [9.17, 15) is 4.79 Å². The van der Waals surface area contributed by atoms with Gasteiger partial charge < -0.3 is 19.5 Å². The largest absolute Gasteiger partial charge is 0.496 e. The highest BCUT2D eigenvalue weighted by Crippen LogP contribution is 2.28. The number of amides is 1. The molecule has 0 fully saturated rings. The number of carbonyl (C=O) groups excluding carboxylic acids is 1. The minimum absolute atomic E-state index is 0.239. The maximum atomic E-state index is 12.4. The molecule has 2 aromatic rings. The van der Waals surface area contributed by atoms with Crippen molar-refractivity contribution in [2.24, 2.45) is 5.92 Å². The van der Waals surface area contributed by atoms with Crippen LogP contribution in [0.3, 0.4) is 0 Å². The first kappa shape index (κ1) is 24.0. The fraction of sp³-hybridized carbons (Fsp3) is 0.364. The third kappa shape index (κ3) is 7.18. The number of carbonyl (C=O) groups is 1. The van der Waals surface area contributed by atoms with E-state index in [4.69, 9.17) is 26.4 Å². The summed E-state index contributed by atoms with van der Waals surface area (Å²) in [7, 11) is 3.18. The molecule has 1 amide bonds. The van der Waals surface area contributed by atoms with E-state index < -0.39 is 0 Å². The Morgan fingerprint density at radius 1 is 1.07 bits per heavy atom. The first-order valence-electron chi connectivity index (χ1n) is 9.56. The van der Waals surface area contributed by atoms with Gasteiger partial charge in [-0.05, 0) is 76.4 Å². The highest BCUT2D eigenvalue weighted by atomic mass is 79.9. The number of rotatable bonds is 9. The summed E-state index contributed by atoms with van der Waals surface area (Å²) in [6.07, 6.45) is 0.977. The summed E-state index contributed by atoms with van der Waals surface area (Å²) in [6.45, 7) is 5.40. The topological polar surface area (TPSA) is 68.8 Å². The van der Waals surface area contributed by atoms with Crippen molar-refractivity contribution in [3.05, 3.63) is 52.0 Å². The predicted octanol–water partition coefficient (Wildman–Crippen LogP) is 4.70. The number of hydrogen-bond donors (Lipinski definition) is 2.